The number of benzene rings is 1. The molecule has 0 spiro atoms. The van der Waals surface area contributed by atoms with Crippen molar-refractivity contribution >= 4 is 16.1 Å². The number of esters is 1. The number of carbonyl (C=O) groups excluding carboxylic acids is 1. The summed E-state index contributed by atoms with van der Waals surface area (Å²) < 4.78 is 71.8. The van der Waals surface area contributed by atoms with Crippen molar-refractivity contribution in [2.24, 2.45) is 0 Å². The van der Waals surface area contributed by atoms with E-state index >= 15 is 0 Å². The predicted molar refractivity (Wildman–Crippen MR) is 81.2 cm³/mol. The monoisotopic (exact) mass is 384 g/mol. The van der Waals surface area contributed by atoms with E-state index in [0.717, 1.165) is 5.56 Å². The fourth-order valence-corrected chi connectivity index (χ4v) is 2.59. The molecule has 1 aromatic rings. The summed E-state index contributed by atoms with van der Waals surface area (Å²) in [6, 6.07) is 5.22. The van der Waals surface area contributed by atoms with Crippen LogP contribution in [-0.2, 0) is 23.8 Å². The maximum atomic E-state index is 13.1. The first-order chi connectivity index (χ1) is 11.4. The zero-order chi connectivity index (χ0) is 19.3. The number of ether oxygens (including phenoxy) is 1. The molecule has 0 heterocycles. The lowest BCUT2D eigenvalue weighted by molar-refractivity contribution is -0.280. The summed E-state index contributed by atoms with van der Waals surface area (Å²) in [7, 11) is -4.52. The average Bonchev–Trinajstić information content (AvgIpc) is 2.51. The average molecular weight is 384 g/mol. The van der Waals surface area contributed by atoms with Crippen LogP contribution in [0.15, 0.2) is 29.2 Å². The summed E-state index contributed by atoms with van der Waals surface area (Å²) in [5, 5.41) is 9.73. The van der Waals surface area contributed by atoms with Gasteiger partial charge in [-0.05, 0) is 25.5 Å². The summed E-state index contributed by atoms with van der Waals surface area (Å²) in [6.45, 7) is 0.226. The van der Waals surface area contributed by atoms with Gasteiger partial charge in [-0.2, -0.15) is 21.6 Å². The lowest BCUT2D eigenvalue weighted by Gasteiger charge is -2.29. The smallest absolute Gasteiger partial charge is 0.422 e. The van der Waals surface area contributed by atoms with Crippen molar-refractivity contribution in [3.63, 3.8) is 0 Å². The second-order valence-corrected chi connectivity index (χ2v) is 7.08. The molecule has 1 N–H and O–H groups in total. The first-order valence-electron chi connectivity index (χ1n) is 7.32. The van der Waals surface area contributed by atoms with E-state index in [9.17, 15) is 31.5 Å². The topological polar surface area (TPSA) is 89.9 Å². The minimum atomic E-state index is -5.26. The maximum absolute atomic E-state index is 13.1. The lowest BCUT2D eigenvalue weighted by atomic mass is 10.1. The number of hydrogen-bond acceptors (Lipinski definition) is 6. The summed E-state index contributed by atoms with van der Waals surface area (Å²) in [5.41, 5.74) is -2.90. The Kier molecular flexibility index (Phi) is 6.98. The molecule has 0 fully saturated rings. The highest BCUT2D eigenvalue weighted by Crippen LogP contribution is 2.32. The number of rotatable bonds is 8. The van der Waals surface area contributed by atoms with Gasteiger partial charge in [0.2, 0.25) is 5.60 Å². The van der Waals surface area contributed by atoms with Gasteiger partial charge in [0, 0.05) is 6.42 Å². The number of carbonyl (C=O) groups is 1. The number of hydrogen-bond donors (Lipinski definition) is 1. The highest BCUT2D eigenvalue weighted by molar-refractivity contribution is 7.86. The summed E-state index contributed by atoms with van der Waals surface area (Å²) in [4.78, 5) is 10.9. The van der Waals surface area contributed by atoms with Gasteiger partial charge in [0.1, 0.15) is 13.2 Å². The first-order valence-corrected chi connectivity index (χ1v) is 8.73. The van der Waals surface area contributed by atoms with E-state index in [0.29, 0.717) is 6.42 Å². The predicted octanol–water partition coefficient (Wildman–Crippen LogP) is 2.34. The Labute approximate surface area is 143 Å². The van der Waals surface area contributed by atoms with Crippen LogP contribution in [0.3, 0.4) is 0 Å². The van der Waals surface area contributed by atoms with E-state index in [1.165, 1.54) is 24.3 Å². The van der Waals surface area contributed by atoms with Crippen molar-refractivity contribution in [2.75, 3.05) is 13.2 Å². The van der Waals surface area contributed by atoms with E-state index in [-0.39, 0.29) is 11.3 Å². The number of aliphatic hydroxyl groups is 1. The Morgan fingerprint density at radius 2 is 1.72 bits per heavy atom. The molecular weight excluding hydrogens is 365 g/mol. The van der Waals surface area contributed by atoms with Crippen LogP contribution >= 0.6 is 0 Å². The second-order valence-electron chi connectivity index (χ2n) is 5.47. The lowest BCUT2D eigenvalue weighted by Crippen LogP contribution is -2.53. The minimum Gasteiger partial charge on any atom is -0.462 e. The fourth-order valence-electron chi connectivity index (χ4n) is 1.63. The molecular formula is C15H19F3O6S. The van der Waals surface area contributed by atoms with E-state index in [1.54, 1.807) is 13.8 Å². The van der Waals surface area contributed by atoms with Gasteiger partial charge in [-0.25, -0.2) is 0 Å². The number of aryl methyl sites for hydroxylation is 1. The second kappa shape index (κ2) is 8.15. The summed E-state index contributed by atoms with van der Waals surface area (Å²) in [5.74, 6) is -0.938. The van der Waals surface area contributed by atoms with Crippen LogP contribution in [-0.4, -0.2) is 44.5 Å². The van der Waals surface area contributed by atoms with Crippen LogP contribution < -0.4 is 0 Å². The van der Waals surface area contributed by atoms with Crippen molar-refractivity contribution in [1.82, 2.24) is 0 Å². The van der Waals surface area contributed by atoms with E-state index in [2.05, 4.69) is 8.92 Å². The Morgan fingerprint density at radius 3 is 2.20 bits per heavy atom. The molecule has 0 bridgehead atoms. The third-order valence-electron chi connectivity index (χ3n) is 3.22. The molecule has 0 saturated heterocycles. The maximum Gasteiger partial charge on any atom is 0.422 e. The van der Waals surface area contributed by atoms with Gasteiger partial charge in [0.25, 0.3) is 10.1 Å². The van der Waals surface area contributed by atoms with Crippen molar-refractivity contribution in [1.29, 1.82) is 0 Å². The molecule has 0 saturated carbocycles. The van der Waals surface area contributed by atoms with E-state index in [1.807, 2.05) is 0 Å². The highest BCUT2D eigenvalue weighted by Gasteiger charge is 2.56. The molecule has 1 aromatic carbocycles. The molecule has 6 nitrogen and oxygen atoms in total. The zero-order valence-electron chi connectivity index (χ0n) is 13.7. The minimum absolute atomic E-state index is 0.129. The van der Waals surface area contributed by atoms with E-state index < -0.39 is 41.1 Å². The molecule has 1 atom stereocenters. The highest BCUT2D eigenvalue weighted by atomic mass is 32.2. The zero-order valence-corrected chi connectivity index (χ0v) is 14.5. The third-order valence-corrected chi connectivity index (χ3v) is 4.49. The Morgan fingerprint density at radius 1 is 1.16 bits per heavy atom. The van der Waals surface area contributed by atoms with Gasteiger partial charge in [-0.3, -0.25) is 8.98 Å². The van der Waals surface area contributed by atoms with Crippen molar-refractivity contribution in [3.05, 3.63) is 29.8 Å². The van der Waals surface area contributed by atoms with Gasteiger partial charge in [-0.15, -0.1) is 0 Å². The largest absolute Gasteiger partial charge is 0.462 e. The molecule has 0 aliphatic heterocycles. The normalized spacial score (nSPS) is 14.8. The van der Waals surface area contributed by atoms with Crippen molar-refractivity contribution in [3.8, 4) is 0 Å². The SMILES string of the molecule is CCCC(=O)OC[C@@](O)(COS(=O)(=O)c1ccc(C)cc1)C(F)(F)F. The molecule has 0 radical (unpaired) electrons. The Hall–Kier alpha value is -1.65. The van der Waals surface area contributed by atoms with Gasteiger partial charge >= 0.3 is 12.1 Å². The quantitative estimate of drug-likeness (QED) is 0.547. The number of alkyl halides is 3. The number of halogens is 3. The molecule has 0 aliphatic carbocycles. The molecule has 142 valence electrons. The first kappa shape index (κ1) is 21.4. The van der Waals surface area contributed by atoms with Crippen LogP contribution in [0.5, 0.6) is 0 Å². The standard InChI is InChI=1S/C15H19F3O6S/c1-3-4-13(19)23-9-14(20,15(16,17)18)10-24-25(21,22)12-7-5-11(2)6-8-12/h5-8,20H,3-4,9-10H2,1-2H3/t14-/m1/s1. The van der Waals surface area contributed by atoms with Crippen LogP contribution in [0, 0.1) is 6.92 Å². The molecule has 1 rings (SSSR count). The van der Waals surface area contributed by atoms with Gasteiger partial charge in [-0.1, -0.05) is 24.6 Å². The Balaban J connectivity index is 2.88. The van der Waals surface area contributed by atoms with E-state index in [4.69, 9.17) is 0 Å². The molecule has 0 amide bonds. The molecule has 0 aromatic heterocycles. The van der Waals surface area contributed by atoms with Crippen molar-refractivity contribution < 1.29 is 40.4 Å². The molecule has 0 aliphatic rings. The molecule has 10 heteroatoms. The van der Waals surface area contributed by atoms with Gasteiger partial charge in [0.05, 0.1) is 4.90 Å². The van der Waals surface area contributed by atoms with Gasteiger partial charge in [0.15, 0.2) is 0 Å². The Bertz CT molecular complexity index is 684. The van der Waals surface area contributed by atoms with Crippen LogP contribution in [0.2, 0.25) is 0 Å². The summed E-state index contributed by atoms with van der Waals surface area (Å²) in [6.07, 6.45) is -5.04. The van der Waals surface area contributed by atoms with Crippen LogP contribution in [0.4, 0.5) is 13.2 Å². The van der Waals surface area contributed by atoms with Crippen LogP contribution in [0.1, 0.15) is 25.3 Å². The molecule has 0 unspecified atom stereocenters. The molecule has 25 heavy (non-hydrogen) atoms. The third kappa shape index (κ3) is 5.98. The summed E-state index contributed by atoms with van der Waals surface area (Å²) >= 11 is 0. The van der Waals surface area contributed by atoms with Gasteiger partial charge < -0.3 is 9.84 Å². The van der Waals surface area contributed by atoms with Crippen LogP contribution in [0.25, 0.3) is 0 Å². The van der Waals surface area contributed by atoms with Crippen molar-refractivity contribution in [2.45, 2.75) is 43.4 Å². The fraction of sp³-hybridized carbons (Fsp3) is 0.533.